The normalized spacial score (nSPS) is 14.0. The Morgan fingerprint density at radius 1 is 1.19 bits per heavy atom. The van der Waals surface area contributed by atoms with Crippen molar-refractivity contribution in [3.05, 3.63) is 64.7 Å². The number of nitrogens with one attached hydrogen (secondary N) is 2. The molecule has 2 aromatic rings. The lowest BCUT2D eigenvalue weighted by Crippen LogP contribution is -2.47. The molecule has 3 rings (SSSR count). The maximum atomic E-state index is 11.9. The number of piperazine rings is 1. The van der Waals surface area contributed by atoms with Crippen LogP contribution in [0.3, 0.4) is 0 Å². The van der Waals surface area contributed by atoms with Crippen LogP contribution in [-0.4, -0.2) is 38.1 Å². The van der Waals surface area contributed by atoms with Gasteiger partial charge in [-0.25, -0.2) is 0 Å². The van der Waals surface area contributed by atoms with Gasteiger partial charge in [-0.05, 0) is 29.3 Å². The summed E-state index contributed by atoms with van der Waals surface area (Å²) >= 11 is 6.05. The van der Waals surface area contributed by atoms with Gasteiger partial charge in [-0.3, -0.25) is 9.59 Å². The van der Waals surface area contributed by atoms with Crippen LogP contribution < -0.4 is 15.5 Å². The van der Waals surface area contributed by atoms with Gasteiger partial charge in [-0.1, -0.05) is 41.9 Å². The number of nitrogens with zero attached hydrogens (tertiary/aromatic N) is 1. The number of rotatable bonds is 7. The Kier molecular flexibility index (Phi) is 6.68. The van der Waals surface area contributed by atoms with Crippen LogP contribution in [0.4, 0.5) is 5.69 Å². The lowest BCUT2D eigenvalue weighted by molar-refractivity contribution is -0.126. The van der Waals surface area contributed by atoms with E-state index < -0.39 is 0 Å². The highest BCUT2D eigenvalue weighted by Crippen LogP contribution is 2.16. The molecule has 27 heavy (non-hydrogen) atoms. The van der Waals surface area contributed by atoms with E-state index in [1.165, 1.54) is 0 Å². The highest BCUT2D eigenvalue weighted by molar-refractivity contribution is 6.31. The number of benzene rings is 2. The van der Waals surface area contributed by atoms with Crippen LogP contribution in [0.2, 0.25) is 5.02 Å². The van der Waals surface area contributed by atoms with Crippen molar-refractivity contribution in [1.82, 2.24) is 10.6 Å². The maximum absolute atomic E-state index is 11.9. The number of carbonyl (C=O) groups excluding carboxylic acids is 2. The zero-order chi connectivity index (χ0) is 19.1. The van der Waals surface area contributed by atoms with Gasteiger partial charge in [-0.15, -0.1) is 0 Å². The summed E-state index contributed by atoms with van der Waals surface area (Å²) in [6.07, 6.45) is 0. The summed E-state index contributed by atoms with van der Waals surface area (Å²) in [5, 5.41) is 6.27. The van der Waals surface area contributed by atoms with E-state index in [4.69, 9.17) is 16.3 Å². The topological polar surface area (TPSA) is 70.7 Å². The first kappa shape index (κ1) is 19.2. The molecule has 6 nitrogen and oxygen atoms in total. The molecule has 7 heteroatoms. The second-order valence-electron chi connectivity index (χ2n) is 6.30. The van der Waals surface area contributed by atoms with Crippen LogP contribution in [0.15, 0.2) is 48.5 Å². The van der Waals surface area contributed by atoms with Crippen LogP contribution in [0, 0.1) is 0 Å². The largest absolute Gasteiger partial charge is 0.367 e. The first-order valence-corrected chi connectivity index (χ1v) is 9.18. The average molecular weight is 388 g/mol. The third-order valence-corrected chi connectivity index (χ3v) is 4.65. The lowest BCUT2D eigenvalue weighted by Gasteiger charge is -2.28. The highest BCUT2D eigenvalue weighted by atomic mass is 35.5. The summed E-state index contributed by atoms with van der Waals surface area (Å²) in [5.74, 6) is -0.145. The summed E-state index contributed by atoms with van der Waals surface area (Å²) in [6.45, 7) is 2.53. The van der Waals surface area contributed by atoms with Crippen molar-refractivity contribution in [2.24, 2.45) is 0 Å². The smallest absolute Gasteiger partial charge is 0.246 e. The van der Waals surface area contributed by atoms with Crippen molar-refractivity contribution in [3.63, 3.8) is 0 Å². The van der Waals surface area contributed by atoms with E-state index in [2.05, 4.69) is 10.6 Å². The first-order valence-electron chi connectivity index (χ1n) is 8.80. The zero-order valence-corrected chi connectivity index (χ0v) is 15.7. The van der Waals surface area contributed by atoms with E-state index in [1.54, 1.807) is 6.07 Å². The predicted octanol–water partition coefficient (Wildman–Crippen LogP) is 2.11. The summed E-state index contributed by atoms with van der Waals surface area (Å²) in [4.78, 5) is 25.4. The Bertz CT molecular complexity index is 795. The summed E-state index contributed by atoms with van der Waals surface area (Å²) < 4.78 is 5.42. The fraction of sp³-hybridized carbons (Fsp3) is 0.300. The standard InChI is InChI=1S/C20H22ClN3O3/c21-18-4-2-1-3-16(18)13-27-14-20(26)23-11-15-5-7-17(8-6-15)24-10-9-22-19(25)12-24/h1-8H,9-14H2,(H,22,25)(H,23,26). The van der Waals surface area contributed by atoms with Gasteiger partial charge in [-0.2, -0.15) is 0 Å². The Balaban J connectivity index is 1.41. The van der Waals surface area contributed by atoms with E-state index in [1.807, 2.05) is 47.4 Å². The Hall–Kier alpha value is -2.57. The first-order chi connectivity index (χ1) is 13.1. The molecule has 0 atom stereocenters. The van der Waals surface area contributed by atoms with Crippen LogP contribution in [0.25, 0.3) is 0 Å². The number of anilines is 1. The molecule has 2 amide bonds. The molecule has 2 aromatic carbocycles. The molecule has 0 spiro atoms. The van der Waals surface area contributed by atoms with Crippen LogP contribution >= 0.6 is 11.6 Å². The Labute approximate surface area is 163 Å². The molecule has 1 saturated heterocycles. The number of hydrogen-bond acceptors (Lipinski definition) is 4. The van der Waals surface area contributed by atoms with Gasteiger partial charge in [0, 0.05) is 30.3 Å². The molecule has 0 unspecified atom stereocenters. The molecule has 1 aliphatic heterocycles. The lowest BCUT2D eigenvalue weighted by atomic mass is 10.2. The van der Waals surface area contributed by atoms with Gasteiger partial charge in [0.2, 0.25) is 11.8 Å². The fourth-order valence-corrected chi connectivity index (χ4v) is 2.99. The molecule has 0 bridgehead atoms. The van der Waals surface area contributed by atoms with E-state index in [-0.39, 0.29) is 18.4 Å². The number of hydrogen-bond donors (Lipinski definition) is 2. The quantitative estimate of drug-likeness (QED) is 0.763. The fourth-order valence-electron chi connectivity index (χ4n) is 2.80. The number of carbonyl (C=O) groups is 2. The van der Waals surface area contributed by atoms with Gasteiger partial charge < -0.3 is 20.3 Å². The van der Waals surface area contributed by atoms with E-state index in [0.717, 1.165) is 23.4 Å². The second-order valence-corrected chi connectivity index (χ2v) is 6.71. The van der Waals surface area contributed by atoms with Crippen molar-refractivity contribution < 1.29 is 14.3 Å². The third-order valence-electron chi connectivity index (χ3n) is 4.28. The Morgan fingerprint density at radius 3 is 2.70 bits per heavy atom. The molecular formula is C20H22ClN3O3. The monoisotopic (exact) mass is 387 g/mol. The molecule has 0 radical (unpaired) electrons. The van der Waals surface area contributed by atoms with E-state index in [9.17, 15) is 9.59 Å². The van der Waals surface area contributed by atoms with Gasteiger partial charge in [0.15, 0.2) is 0 Å². The van der Waals surface area contributed by atoms with Gasteiger partial charge in [0.05, 0.1) is 13.2 Å². The molecule has 0 aromatic heterocycles. The molecule has 1 heterocycles. The number of halogens is 1. The number of ether oxygens (including phenoxy) is 1. The van der Waals surface area contributed by atoms with Crippen molar-refractivity contribution in [2.75, 3.05) is 31.1 Å². The molecule has 142 valence electrons. The van der Waals surface area contributed by atoms with Gasteiger partial charge in [0.1, 0.15) is 6.61 Å². The minimum absolute atomic E-state index is 0.0216. The Morgan fingerprint density at radius 2 is 1.96 bits per heavy atom. The molecule has 0 saturated carbocycles. The van der Waals surface area contributed by atoms with Crippen molar-refractivity contribution >= 4 is 29.1 Å². The minimum atomic E-state index is -0.182. The SMILES string of the molecule is O=C(COCc1ccccc1Cl)NCc1ccc(N2CCNC(=O)C2)cc1. The molecule has 1 fully saturated rings. The van der Waals surface area contributed by atoms with Crippen molar-refractivity contribution in [2.45, 2.75) is 13.2 Å². The summed E-state index contributed by atoms with van der Waals surface area (Å²) in [7, 11) is 0. The van der Waals surface area contributed by atoms with Crippen LogP contribution in [-0.2, 0) is 27.5 Å². The number of amides is 2. The van der Waals surface area contributed by atoms with Gasteiger partial charge >= 0.3 is 0 Å². The van der Waals surface area contributed by atoms with Gasteiger partial charge in [0.25, 0.3) is 0 Å². The van der Waals surface area contributed by atoms with Crippen molar-refractivity contribution in [3.8, 4) is 0 Å². The third kappa shape index (κ3) is 5.70. The predicted molar refractivity (Wildman–Crippen MR) is 105 cm³/mol. The summed E-state index contributed by atoms with van der Waals surface area (Å²) in [5.41, 5.74) is 2.84. The van der Waals surface area contributed by atoms with Crippen LogP contribution in [0.5, 0.6) is 0 Å². The minimum Gasteiger partial charge on any atom is -0.367 e. The molecule has 1 aliphatic rings. The molecule has 2 N–H and O–H groups in total. The van der Waals surface area contributed by atoms with Crippen LogP contribution in [0.1, 0.15) is 11.1 Å². The second kappa shape index (κ2) is 9.39. The molecule has 0 aliphatic carbocycles. The summed E-state index contributed by atoms with van der Waals surface area (Å²) in [6, 6.07) is 15.2. The maximum Gasteiger partial charge on any atom is 0.246 e. The highest BCUT2D eigenvalue weighted by Gasteiger charge is 2.16. The van der Waals surface area contributed by atoms with E-state index in [0.29, 0.717) is 31.3 Å². The zero-order valence-electron chi connectivity index (χ0n) is 14.9. The molecular weight excluding hydrogens is 366 g/mol. The van der Waals surface area contributed by atoms with E-state index >= 15 is 0 Å². The van der Waals surface area contributed by atoms with Crippen molar-refractivity contribution in [1.29, 1.82) is 0 Å². The average Bonchev–Trinajstić information content (AvgIpc) is 2.68.